The molecule has 0 bridgehead atoms. The Morgan fingerprint density at radius 1 is 1.12 bits per heavy atom. The molecule has 0 fully saturated rings. The molecule has 2 aromatic rings. The molecule has 0 saturated heterocycles. The van der Waals surface area contributed by atoms with Gasteiger partial charge in [-0.2, -0.15) is 4.73 Å². The van der Waals surface area contributed by atoms with Crippen LogP contribution < -0.4 is 9.47 Å². The molecule has 0 aliphatic heterocycles. The van der Waals surface area contributed by atoms with Crippen LogP contribution in [0.5, 0.6) is 5.75 Å². The summed E-state index contributed by atoms with van der Waals surface area (Å²) in [4.78, 5) is 0. The summed E-state index contributed by atoms with van der Waals surface area (Å²) in [6.45, 7) is 2.00. The number of benzene rings is 1. The van der Waals surface area contributed by atoms with Crippen molar-refractivity contribution in [2.75, 3.05) is 7.11 Å². The summed E-state index contributed by atoms with van der Waals surface area (Å²) in [6.07, 6.45) is 1.52. The number of pyridine rings is 1. The summed E-state index contributed by atoms with van der Waals surface area (Å²) in [5, 5.41) is 11.7. The van der Waals surface area contributed by atoms with Crippen molar-refractivity contribution in [3.8, 4) is 5.75 Å². The number of nitrogens with zero attached hydrogens (tertiary/aromatic N) is 1. The highest BCUT2D eigenvalue weighted by atomic mass is 16.5. The van der Waals surface area contributed by atoms with Crippen LogP contribution in [0.1, 0.15) is 24.1 Å². The molecule has 1 aromatic heterocycles. The van der Waals surface area contributed by atoms with Crippen LogP contribution in [0.3, 0.4) is 0 Å². The first-order chi connectivity index (χ1) is 8.24. The van der Waals surface area contributed by atoms with Gasteiger partial charge in [-0.1, -0.05) is 18.2 Å². The maximum atomic E-state index is 11.7. The lowest BCUT2D eigenvalue weighted by molar-refractivity contribution is -0.614. The van der Waals surface area contributed by atoms with Crippen LogP contribution >= 0.6 is 0 Å². The van der Waals surface area contributed by atoms with Crippen molar-refractivity contribution in [3.63, 3.8) is 0 Å². The third-order valence-electron chi connectivity index (χ3n) is 2.90. The van der Waals surface area contributed by atoms with Gasteiger partial charge >= 0.3 is 0 Å². The minimum absolute atomic E-state index is 0.00449. The van der Waals surface area contributed by atoms with Gasteiger partial charge in [-0.3, -0.25) is 0 Å². The van der Waals surface area contributed by atoms with Gasteiger partial charge in [0.15, 0.2) is 11.9 Å². The fourth-order valence-electron chi connectivity index (χ4n) is 1.96. The molecule has 0 radical (unpaired) electrons. The van der Waals surface area contributed by atoms with Crippen molar-refractivity contribution in [3.05, 3.63) is 65.1 Å². The lowest BCUT2D eigenvalue weighted by atomic mass is 9.96. The van der Waals surface area contributed by atoms with Gasteiger partial charge in [0.1, 0.15) is 5.75 Å². The summed E-state index contributed by atoms with van der Waals surface area (Å²) < 4.78 is 6.22. The molecule has 1 aromatic carbocycles. The van der Waals surface area contributed by atoms with Crippen molar-refractivity contribution in [1.82, 2.24) is 0 Å². The first kappa shape index (κ1) is 11.5. The monoisotopic (exact) mass is 229 g/mol. The van der Waals surface area contributed by atoms with E-state index in [2.05, 4.69) is 0 Å². The number of ether oxygens (including phenoxy) is 1. The van der Waals surface area contributed by atoms with Crippen molar-refractivity contribution in [1.29, 1.82) is 0 Å². The Morgan fingerprint density at radius 3 is 2.53 bits per heavy atom. The first-order valence-electron chi connectivity index (χ1n) is 5.55. The number of para-hydroxylation sites is 1. The Bertz CT molecular complexity index is 511. The van der Waals surface area contributed by atoms with E-state index in [1.54, 1.807) is 13.2 Å². The molecule has 3 heteroatoms. The van der Waals surface area contributed by atoms with E-state index in [4.69, 9.17) is 4.74 Å². The van der Waals surface area contributed by atoms with Crippen LogP contribution in [-0.2, 0) is 0 Å². The van der Waals surface area contributed by atoms with E-state index >= 15 is 0 Å². The number of hydrogen-bond acceptors (Lipinski definition) is 2. The van der Waals surface area contributed by atoms with Gasteiger partial charge in [0.25, 0.3) is 0 Å². The molecule has 0 saturated carbocycles. The molecule has 0 aliphatic rings. The van der Waals surface area contributed by atoms with Gasteiger partial charge in [-0.15, -0.1) is 0 Å². The molecule has 0 N–H and O–H groups in total. The largest absolute Gasteiger partial charge is 0.618 e. The summed E-state index contributed by atoms with van der Waals surface area (Å²) in [7, 11) is 1.64. The molecule has 17 heavy (non-hydrogen) atoms. The number of methoxy groups -OCH3 is 1. The molecular formula is C14H15NO2. The summed E-state index contributed by atoms with van der Waals surface area (Å²) >= 11 is 0. The summed E-state index contributed by atoms with van der Waals surface area (Å²) in [5.41, 5.74) is 1.74. The number of aromatic nitrogens is 1. The Hall–Kier alpha value is -2.03. The predicted molar refractivity (Wildman–Crippen MR) is 65.9 cm³/mol. The summed E-state index contributed by atoms with van der Waals surface area (Å²) in [6, 6.07) is 13.2. The highest BCUT2D eigenvalue weighted by Gasteiger charge is 2.19. The Kier molecular flexibility index (Phi) is 3.28. The molecule has 0 aliphatic carbocycles. The third-order valence-corrected chi connectivity index (χ3v) is 2.90. The van der Waals surface area contributed by atoms with Crippen molar-refractivity contribution < 1.29 is 9.47 Å². The molecule has 0 amide bonds. The van der Waals surface area contributed by atoms with Crippen LogP contribution in [0, 0.1) is 5.21 Å². The Labute approximate surface area is 101 Å². The third kappa shape index (κ3) is 2.23. The van der Waals surface area contributed by atoms with Crippen molar-refractivity contribution >= 4 is 0 Å². The minimum atomic E-state index is 0.00449. The lowest BCUT2D eigenvalue weighted by Gasteiger charge is -2.14. The molecule has 88 valence electrons. The Morgan fingerprint density at radius 2 is 1.82 bits per heavy atom. The van der Waals surface area contributed by atoms with Gasteiger partial charge in [-0.25, -0.2) is 0 Å². The normalized spacial score (nSPS) is 12.1. The maximum absolute atomic E-state index is 11.7. The van der Waals surface area contributed by atoms with Crippen LogP contribution in [0.4, 0.5) is 0 Å². The molecule has 2 rings (SSSR count). The van der Waals surface area contributed by atoms with E-state index in [1.807, 2.05) is 43.3 Å². The highest BCUT2D eigenvalue weighted by molar-refractivity contribution is 5.39. The molecule has 1 atom stereocenters. The standard InChI is InChI=1S/C14H15NO2/c1-11(13-8-5-6-10-15(13)16)12-7-3-4-9-14(12)17-2/h3-11H,1-2H3. The molecular weight excluding hydrogens is 214 g/mol. The second-order valence-electron chi connectivity index (χ2n) is 3.91. The lowest BCUT2D eigenvalue weighted by Crippen LogP contribution is -2.32. The fourth-order valence-corrected chi connectivity index (χ4v) is 1.96. The average Bonchev–Trinajstić information content (AvgIpc) is 2.38. The van der Waals surface area contributed by atoms with E-state index in [-0.39, 0.29) is 5.92 Å². The SMILES string of the molecule is COc1ccccc1C(C)c1cccc[n+]1[O-]. The quantitative estimate of drug-likeness (QED) is 0.599. The Balaban J connectivity index is 2.44. The predicted octanol–water partition coefficient (Wildman–Crippen LogP) is 2.48. The van der Waals surface area contributed by atoms with E-state index in [1.165, 1.54) is 6.20 Å². The second kappa shape index (κ2) is 4.87. The van der Waals surface area contributed by atoms with Crippen LogP contribution in [-0.4, -0.2) is 7.11 Å². The van der Waals surface area contributed by atoms with Gasteiger partial charge in [0, 0.05) is 17.7 Å². The van der Waals surface area contributed by atoms with Crippen molar-refractivity contribution in [2.24, 2.45) is 0 Å². The average molecular weight is 229 g/mol. The fraction of sp³-hybridized carbons (Fsp3) is 0.214. The number of rotatable bonds is 3. The smallest absolute Gasteiger partial charge is 0.200 e. The molecule has 0 spiro atoms. The van der Waals surface area contributed by atoms with Gasteiger partial charge in [-0.05, 0) is 19.1 Å². The number of hydrogen-bond donors (Lipinski definition) is 0. The van der Waals surface area contributed by atoms with E-state index in [0.717, 1.165) is 21.7 Å². The van der Waals surface area contributed by atoms with Crippen LogP contribution in [0.2, 0.25) is 0 Å². The van der Waals surface area contributed by atoms with Gasteiger partial charge < -0.3 is 9.94 Å². The summed E-state index contributed by atoms with van der Waals surface area (Å²) in [5.74, 6) is 0.814. The molecule has 3 nitrogen and oxygen atoms in total. The topological polar surface area (TPSA) is 36.2 Å². The van der Waals surface area contributed by atoms with E-state index < -0.39 is 0 Å². The van der Waals surface area contributed by atoms with E-state index in [0.29, 0.717) is 0 Å². The minimum Gasteiger partial charge on any atom is -0.618 e. The van der Waals surface area contributed by atoms with Crippen molar-refractivity contribution in [2.45, 2.75) is 12.8 Å². The zero-order chi connectivity index (χ0) is 12.3. The zero-order valence-corrected chi connectivity index (χ0v) is 9.96. The van der Waals surface area contributed by atoms with Gasteiger partial charge in [0.05, 0.1) is 13.0 Å². The van der Waals surface area contributed by atoms with Crippen LogP contribution in [0.15, 0.2) is 48.7 Å². The first-order valence-corrected chi connectivity index (χ1v) is 5.55. The second-order valence-corrected chi connectivity index (χ2v) is 3.91. The maximum Gasteiger partial charge on any atom is 0.200 e. The molecule has 1 heterocycles. The molecule has 1 unspecified atom stereocenters. The van der Waals surface area contributed by atoms with E-state index in [9.17, 15) is 5.21 Å². The highest BCUT2D eigenvalue weighted by Crippen LogP contribution is 2.29. The van der Waals surface area contributed by atoms with Gasteiger partial charge in [0.2, 0.25) is 0 Å². The zero-order valence-electron chi connectivity index (χ0n) is 9.96. The van der Waals surface area contributed by atoms with Crippen LogP contribution in [0.25, 0.3) is 0 Å².